The second kappa shape index (κ2) is 22.1. The molecule has 16 heteroatoms. The van der Waals surface area contributed by atoms with Crippen LogP contribution in [-0.4, -0.2) is 81.7 Å². The largest absolute Gasteiger partial charge is 0.508 e. The van der Waals surface area contributed by atoms with Gasteiger partial charge in [0.05, 0.1) is 6.04 Å². The summed E-state index contributed by atoms with van der Waals surface area (Å²) in [7, 11) is 0. The zero-order chi connectivity index (χ0) is 41.4. The Labute approximate surface area is 331 Å². The Morgan fingerprint density at radius 3 is 1.71 bits per heavy atom. The third kappa shape index (κ3) is 15.6. The van der Waals surface area contributed by atoms with Crippen molar-refractivity contribution in [1.82, 2.24) is 21.3 Å². The Kier molecular flexibility index (Phi) is 17.6. The van der Waals surface area contributed by atoms with Gasteiger partial charge >= 0.3 is 0 Å². The van der Waals surface area contributed by atoms with Gasteiger partial charge in [-0.15, -0.1) is 0 Å². The maximum atomic E-state index is 13.9. The average Bonchev–Trinajstić information content (AvgIpc) is 3.14. The van der Waals surface area contributed by atoms with Crippen LogP contribution in [0.3, 0.4) is 0 Å². The molecular formula is C40H54N8O7S. The number of aromatic hydroxyl groups is 2. The highest BCUT2D eigenvalue weighted by Gasteiger charge is 2.31. The molecule has 0 heterocycles. The van der Waals surface area contributed by atoms with E-state index in [1.54, 1.807) is 24.3 Å². The van der Waals surface area contributed by atoms with Crippen molar-refractivity contribution >= 4 is 46.5 Å². The van der Waals surface area contributed by atoms with E-state index in [1.807, 2.05) is 45.0 Å². The number of nitrogens with one attached hydrogen (secondary N) is 4. The maximum absolute atomic E-state index is 13.9. The first-order valence-electron chi connectivity index (χ1n) is 18.4. The lowest BCUT2D eigenvalue weighted by molar-refractivity contribution is -0.134. The molecule has 0 saturated carbocycles. The number of aliphatic imine (C=N–C) groups is 1. The van der Waals surface area contributed by atoms with Crippen molar-refractivity contribution in [2.24, 2.45) is 28.1 Å². The maximum Gasteiger partial charge on any atom is 0.243 e. The Balaban J connectivity index is 1.80. The number of carbonyl (C=O) groups excluding carboxylic acids is 5. The van der Waals surface area contributed by atoms with Crippen molar-refractivity contribution in [2.45, 2.75) is 94.9 Å². The summed E-state index contributed by atoms with van der Waals surface area (Å²) in [5.41, 5.74) is 19.4. The third-order valence-electron chi connectivity index (χ3n) is 8.62. The molecule has 0 radical (unpaired) electrons. The van der Waals surface area contributed by atoms with Crippen LogP contribution in [0.4, 0.5) is 0 Å². The minimum absolute atomic E-state index is 0.0183. The number of amides is 4. The van der Waals surface area contributed by atoms with Crippen molar-refractivity contribution in [1.29, 1.82) is 0 Å². The number of aryl methyl sites for hydroxylation is 1. The number of guanidine groups is 1. The number of hydrogen-bond donors (Lipinski definition) is 9. The molecule has 4 amide bonds. The second-order valence-corrected chi connectivity index (χ2v) is 15.2. The molecule has 5 unspecified atom stereocenters. The molecule has 0 fully saturated rings. The molecule has 56 heavy (non-hydrogen) atoms. The van der Waals surface area contributed by atoms with Gasteiger partial charge in [0.1, 0.15) is 35.7 Å². The smallest absolute Gasteiger partial charge is 0.243 e. The molecule has 3 aromatic rings. The molecule has 0 aromatic heterocycles. The summed E-state index contributed by atoms with van der Waals surface area (Å²) in [6.07, 6.45) is 0.837. The van der Waals surface area contributed by atoms with E-state index >= 15 is 0 Å². The second-order valence-electron chi connectivity index (χ2n) is 14.1. The Morgan fingerprint density at radius 2 is 1.18 bits per heavy atom. The van der Waals surface area contributed by atoms with Crippen LogP contribution in [0.5, 0.6) is 11.5 Å². The zero-order valence-electron chi connectivity index (χ0n) is 32.2. The molecule has 0 aliphatic rings. The monoisotopic (exact) mass is 790 g/mol. The molecule has 15 nitrogen and oxygen atoms in total. The molecule has 3 aromatic carbocycles. The summed E-state index contributed by atoms with van der Waals surface area (Å²) >= 11 is 0.971. The highest BCUT2D eigenvalue weighted by Crippen LogP contribution is 2.23. The van der Waals surface area contributed by atoms with Gasteiger partial charge in [-0.1, -0.05) is 55.8 Å². The van der Waals surface area contributed by atoms with Crippen molar-refractivity contribution in [3.05, 3.63) is 89.5 Å². The number of phenols is 2. The lowest BCUT2D eigenvalue weighted by Crippen LogP contribution is -2.58. The van der Waals surface area contributed by atoms with Crippen LogP contribution >= 0.6 is 11.8 Å². The number of phenolic OH excluding ortho intramolecular Hbond substituents is 2. The number of rotatable bonds is 20. The highest BCUT2D eigenvalue weighted by atomic mass is 32.2. The van der Waals surface area contributed by atoms with Gasteiger partial charge in [-0.3, -0.25) is 29.0 Å². The summed E-state index contributed by atoms with van der Waals surface area (Å²) in [6, 6.07) is 14.4. The van der Waals surface area contributed by atoms with Crippen LogP contribution in [0, 0.1) is 12.8 Å². The SMILES string of the molecule is Cc1ccc(SC(=O)C(Cc2ccc(O)cc2)NC(=O)C(C)NC(=O)C(CCCN=C(N)N)NC(=O)C(Cc2ccc(O)cc2)NC(=O)C(N)CC(C)C)cc1. The number of hydrogen-bond acceptors (Lipinski definition) is 10. The fourth-order valence-electron chi connectivity index (χ4n) is 5.55. The van der Waals surface area contributed by atoms with Gasteiger partial charge in [-0.05, 0) is 98.3 Å². The van der Waals surface area contributed by atoms with E-state index < -0.39 is 53.8 Å². The predicted octanol–water partition coefficient (Wildman–Crippen LogP) is 1.90. The molecule has 0 aliphatic carbocycles. The summed E-state index contributed by atoms with van der Waals surface area (Å²) in [4.78, 5) is 72.5. The van der Waals surface area contributed by atoms with Crippen LogP contribution in [0.25, 0.3) is 0 Å². The van der Waals surface area contributed by atoms with E-state index in [0.29, 0.717) is 22.4 Å². The molecular weight excluding hydrogens is 737 g/mol. The number of nitrogens with two attached hydrogens (primary N) is 3. The first-order chi connectivity index (χ1) is 26.5. The molecule has 0 bridgehead atoms. The quantitative estimate of drug-likeness (QED) is 0.0345. The van der Waals surface area contributed by atoms with Gasteiger partial charge in [0.2, 0.25) is 28.7 Å². The molecule has 0 aliphatic heterocycles. The van der Waals surface area contributed by atoms with Crippen LogP contribution in [-0.2, 0) is 36.8 Å². The van der Waals surface area contributed by atoms with Crippen molar-refractivity contribution < 1.29 is 34.2 Å². The predicted molar refractivity (Wildman–Crippen MR) is 216 cm³/mol. The fourth-order valence-corrected chi connectivity index (χ4v) is 6.34. The molecule has 3 rings (SSSR count). The molecule has 0 saturated heterocycles. The minimum Gasteiger partial charge on any atom is -0.508 e. The molecule has 5 atom stereocenters. The lowest BCUT2D eigenvalue weighted by Gasteiger charge is -2.26. The first kappa shape index (κ1) is 44.8. The van der Waals surface area contributed by atoms with Crippen molar-refractivity contribution in [3.63, 3.8) is 0 Å². The minimum atomic E-state index is -1.19. The van der Waals surface area contributed by atoms with E-state index in [-0.39, 0.29) is 60.7 Å². The summed E-state index contributed by atoms with van der Waals surface area (Å²) < 4.78 is 0. The number of thioether (sulfide) groups is 1. The lowest BCUT2D eigenvalue weighted by atomic mass is 10.0. The topological polar surface area (TPSA) is 264 Å². The van der Waals surface area contributed by atoms with Gasteiger partial charge in [0, 0.05) is 24.3 Å². The summed E-state index contributed by atoms with van der Waals surface area (Å²) in [6.45, 7) is 7.36. The van der Waals surface area contributed by atoms with Crippen LogP contribution < -0.4 is 38.5 Å². The van der Waals surface area contributed by atoms with Gasteiger partial charge < -0.3 is 48.7 Å². The van der Waals surface area contributed by atoms with E-state index in [2.05, 4.69) is 26.3 Å². The van der Waals surface area contributed by atoms with E-state index in [4.69, 9.17) is 17.2 Å². The van der Waals surface area contributed by atoms with Gasteiger partial charge in [-0.25, -0.2) is 0 Å². The number of nitrogens with zero attached hydrogens (tertiary/aromatic N) is 1. The normalized spacial score (nSPS) is 13.7. The van der Waals surface area contributed by atoms with E-state index in [1.165, 1.54) is 31.2 Å². The molecule has 12 N–H and O–H groups in total. The Morgan fingerprint density at radius 1 is 0.679 bits per heavy atom. The Bertz CT molecular complexity index is 1800. The highest BCUT2D eigenvalue weighted by molar-refractivity contribution is 8.13. The van der Waals surface area contributed by atoms with Crippen LogP contribution in [0.15, 0.2) is 82.7 Å². The van der Waals surface area contributed by atoms with Crippen molar-refractivity contribution in [3.8, 4) is 11.5 Å². The summed E-state index contributed by atoms with van der Waals surface area (Å²) in [5.74, 6) is -2.54. The van der Waals surface area contributed by atoms with Crippen LogP contribution in [0.2, 0.25) is 0 Å². The zero-order valence-corrected chi connectivity index (χ0v) is 33.0. The molecule has 302 valence electrons. The molecule has 0 spiro atoms. The summed E-state index contributed by atoms with van der Waals surface area (Å²) in [5, 5.41) is 30.0. The van der Waals surface area contributed by atoms with E-state index in [0.717, 1.165) is 17.3 Å². The van der Waals surface area contributed by atoms with Gasteiger partial charge in [0.25, 0.3) is 0 Å². The van der Waals surface area contributed by atoms with Crippen molar-refractivity contribution in [2.75, 3.05) is 6.54 Å². The third-order valence-corrected chi connectivity index (χ3v) is 9.61. The van der Waals surface area contributed by atoms with Crippen LogP contribution in [0.1, 0.15) is 56.7 Å². The van der Waals surface area contributed by atoms with Gasteiger partial charge in [0.15, 0.2) is 5.96 Å². The standard InChI is InChI=1S/C40H54N8O7S/c1-23(2)20-31(41)36(52)47-33(21-26-9-13-28(49)14-10-26)38(54)46-32(6-5-19-44-40(42)43)37(53)45-25(4)35(51)48-34(22-27-11-15-29(50)16-12-27)39(55)56-30-17-7-24(3)8-18-30/h7-18,23,25,31-34,49-50H,5-6,19-22,41H2,1-4H3,(H,45,53)(H,46,54)(H,47,52)(H,48,51)(H4,42,43,44). The fraction of sp³-hybridized carbons (Fsp3) is 0.400. The number of benzene rings is 3. The number of carbonyl (C=O) groups is 5. The Hall–Kier alpha value is -5.61. The first-order valence-corrected chi connectivity index (χ1v) is 19.2. The average molecular weight is 791 g/mol. The van der Waals surface area contributed by atoms with E-state index in [9.17, 15) is 34.2 Å². The van der Waals surface area contributed by atoms with Gasteiger partial charge in [-0.2, -0.15) is 0 Å².